The highest BCUT2D eigenvalue weighted by molar-refractivity contribution is 5.73. The molecule has 0 aromatic heterocycles. The number of benzene rings is 1. The Labute approximate surface area is 143 Å². The zero-order valence-electron chi connectivity index (χ0n) is 14.7. The molecule has 3 unspecified atom stereocenters. The summed E-state index contributed by atoms with van der Waals surface area (Å²) in [7, 11) is 0. The fourth-order valence-electron chi connectivity index (χ4n) is 2.62. The number of aliphatic hydroxyl groups is 1. The third-order valence-corrected chi connectivity index (χ3v) is 4.07. The molecule has 2 N–H and O–H groups in total. The van der Waals surface area contributed by atoms with Crippen molar-refractivity contribution in [2.75, 3.05) is 6.61 Å². The summed E-state index contributed by atoms with van der Waals surface area (Å²) in [6.45, 7) is 6.95. The number of hydrogen-bond donors (Lipinski definition) is 2. The number of rotatable bonds is 8. The van der Waals surface area contributed by atoms with Crippen molar-refractivity contribution < 1.29 is 24.5 Å². The van der Waals surface area contributed by atoms with Crippen LogP contribution < -0.4 is 0 Å². The Morgan fingerprint density at radius 3 is 2.50 bits per heavy atom. The van der Waals surface area contributed by atoms with Crippen molar-refractivity contribution in [3.8, 4) is 0 Å². The highest BCUT2D eigenvalue weighted by Crippen LogP contribution is 2.31. The van der Waals surface area contributed by atoms with Gasteiger partial charge in [0.15, 0.2) is 0 Å². The van der Waals surface area contributed by atoms with Gasteiger partial charge in [-0.15, -0.1) is 0 Å². The smallest absolute Gasteiger partial charge is 0.310 e. The maximum atomic E-state index is 11.7. The molecule has 0 bridgehead atoms. The van der Waals surface area contributed by atoms with Gasteiger partial charge < -0.3 is 14.9 Å². The quantitative estimate of drug-likeness (QED) is 0.714. The third-order valence-electron chi connectivity index (χ3n) is 4.07. The maximum absolute atomic E-state index is 11.7. The summed E-state index contributed by atoms with van der Waals surface area (Å²) >= 11 is 0. The number of carboxylic acid groups (broad SMARTS) is 1. The number of ether oxygens (including phenoxy) is 1. The summed E-state index contributed by atoms with van der Waals surface area (Å²) in [5.41, 5.74) is 2.82. The number of aryl methyl sites for hydroxylation is 1. The lowest BCUT2D eigenvalue weighted by atomic mass is 9.84. The highest BCUT2D eigenvalue weighted by Gasteiger charge is 2.33. The van der Waals surface area contributed by atoms with Crippen molar-refractivity contribution >= 4 is 18.0 Å². The molecule has 0 amide bonds. The zero-order valence-corrected chi connectivity index (χ0v) is 14.7. The normalized spacial score (nSPS) is 15.0. The van der Waals surface area contributed by atoms with Gasteiger partial charge in [-0.1, -0.05) is 49.8 Å². The molecule has 0 fully saturated rings. The van der Waals surface area contributed by atoms with E-state index in [1.54, 1.807) is 26.0 Å². The van der Waals surface area contributed by atoms with E-state index in [1.165, 1.54) is 0 Å². The molecule has 0 aliphatic carbocycles. The first-order valence-electron chi connectivity index (χ1n) is 8.12. The van der Waals surface area contributed by atoms with Crippen molar-refractivity contribution in [2.24, 2.45) is 5.92 Å². The van der Waals surface area contributed by atoms with Crippen LogP contribution in [-0.4, -0.2) is 34.9 Å². The maximum Gasteiger partial charge on any atom is 0.310 e. The van der Waals surface area contributed by atoms with Crippen LogP contribution in [0.1, 0.15) is 49.8 Å². The number of carboxylic acids is 1. The molecule has 0 heterocycles. The SMILES string of the molecule is CCC(=O)OC(C(C)C(=O)O)C(C)c1ccc(C)cc1C=CCO. The van der Waals surface area contributed by atoms with Gasteiger partial charge in [-0.25, -0.2) is 0 Å². The molecule has 5 heteroatoms. The molecule has 1 rings (SSSR count). The Kier molecular flexibility index (Phi) is 7.65. The Morgan fingerprint density at radius 1 is 1.29 bits per heavy atom. The lowest BCUT2D eigenvalue weighted by Crippen LogP contribution is -2.35. The first-order valence-corrected chi connectivity index (χ1v) is 8.12. The molecule has 5 nitrogen and oxygen atoms in total. The van der Waals surface area contributed by atoms with E-state index in [4.69, 9.17) is 9.84 Å². The third kappa shape index (κ3) is 5.20. The van der Waals surface area contributed by atoms with Crippen LogP contribution in [0.15, 0.2) is 24.3 Å². The minimum Gasteiger partial charge on any atom is -0.481 e. The van der Waals surface area contributed by atoms with Crippen LogP contribution in [0, 0.1) is 12.8 Å². The standard InChI is InChI=1S/C19H26O5/c1-5-17(21)24-18(14(4)19(22)23)13(3)16-9-8-12(2)11-15(16)7-6-10-20/h6-9,11,13-14,18,20H,5,10H2,1-4H3,(H,22,23). The second-order valence-electron chi connectivity index (χ2n) is 5.94. The van der Waals surface area contributed by atoms with Crippen molar-refractivity contribution in [1.29, 1.82) is 0 Å². The van der Waals surface area contributed by atoms with Crippen LogP contribution in [0.5, 0.6) is 0 Å². The number of esters is 1. The van der Waals surface area contributed by atoms with Crippen LogP contribution in [0.4, 0.5) is 0 Å². The summed E-state index contributed by atoms with van der Waals surface area (Å²) in [6, 6.07) is 5.81. The molecule has 24 heavy (non-hydrogen) atoms. The topological polar surface area (TPSA) is 83.8 Å². The average molecular weight is 334 g/mol. The van der Waals surface area contributed by atoms with Crippen molar-refractivity contribution in [3.63, 3.8) is 0 Å². The number of carbonyl (C=O) groups excluding carboxylic acids is 1. The summed E-state index contributed by atoms with van der Waals surface area (Å²) < 4.78 is 5.44. The van der Waals surface area contributed by atoms with Crippen LogP contribution in [0.3, 0.4) is 0 Å². The van der Waals surface area contributed by atoms with E-state index in [-0.39, 0.29) is 18.9 Å². The molecule has 0 aliphatic heterocycles. The lowest BCUT2D eigenvalue weighted by molar-refractivity contribution is -0.159. The largest absolute Gasteiger partial charge is 0.481 e. The van der Waals surface area contributed by atoms with E-state index >= 15 is 0 Å². The van der Waals surface area contributed by atoms with Crippen molar-refractivity contribution in [2.45, 2.75) is 46.1 Å². The lowest BCUT2D eigenvalue weighted by Gasteiger charge is -2.28. The molecule has 0 saturated heterocycles. The Morgan fingerprint density at radius 2 is 1.96 bits per heavy atom. The van der Waals surface area contributed by atoms with Gasteiger partial charge in [0, 0.05) is 12.3 Å². The molecule has 3 atom stereocenters. The molecule has 1 aromatic rings. The fourth-order valence-corrected chi connectivity index (χ4v) is 2.62. The first kappa shape index (κ1) is 19.9. The summed E-state index contributed by atoms with van der Waals surface area (Å²) in [5.74, 6) is -2.55. The van der Waals surface area contributed by atoms with Gasteiger partial charge in [0.05, 0.1) is 12.5 Å². The van der Waals surface area contributed by atoms with Gasteiger partial charge in [-0.2, -0.15) is 0 Å². The van der Waals surface area contributed by atoms with E-state index in [2.05, 4.69) is 0 Å². The number of carbonyl (C=O) groups is 2. The van der Waals surface area contributed by atoms with Gasteiger partial charge in [0.2, 0.25) is 0 Å². The van der Waals surface area contributed by atoms with Gasteiger partial charge in [-0.3, -0.25) is 9.59 Å². The summed E-state index contributed by atoms with van der Waals surface area (Å²) in [6.07, 6.45) is 2.85. The fraction of sp³-hybridized carbons (Fsp3) is 0.474. The van der Waals surface area contributed by atoms with Gasteiger partial charge >= 0.3 is 11.9 Å². The molecule has 132 valence electrons. The van der Waals surface area contributed by atoms with E-state index in [9.17, 15) is 14.7 Å². The molecule has 0 radical (unpaired) electrons. The Hall–Kier alpha value is -2.14. The Bertz CT molecular complexity index is 606. The van der Waals surface area contributed by atoms with Crippen LogP contribution >= 0.6 is 0 Å². The minimum absolute atomic E-state index is 0.0818. The van der Waals surface area contributed by atoms with Crippen LogP contribution in [0.2, 0.25) is 0 Å². The average Bonchev–Trinajstić information content (AvgIpc) is 2.56. The molecule has 0 spiro atoms. The predicted molar refractivity (Wildman–Crippen MR) is 92.7 cm³/mol. The second-order valence-corrected chi connectivity index (χ2v) is 5.94. The predicted octanol–water partition coefficient (Wildman–Crippen LogP) is 3.15. The monoisotopic (exact) mass is 334 g/mol. The number of hydrogen-bond acceptors (Lipinski definition) is 4. The molecular weight excluding hydrogens is 308 g/mol. The number of aliphatic carboxylic acids is 1. The van der Waals surface area contributed by atoms with Crippen molar-refractivity contribution in [1.82, 2.24) is 0 Å². The second kappa shape index (κ2) is 9.23. The van der Waals surface area contributed by atoms with Gasteiger partial charge in [-0.05, 0) is 25.0 Å². The summed E-state index contributed by atoms with van der Waals surface area (Å²) in [4.78, 5) is 23.2. The molecule has 0 aliphatic rings. The van der Waals surface area contributed by atoms with E-state index in [0.29, 0.717) is 0 Å². The van der Waals surface area contributed by atoms with E-state index < -0.39 is 24.0 Å². The van der Waals surface area contributed by atoms with Gasteiger partial charge in [0.1, 0.15) is 6.10 Å². The highest BCUT2D eigenvalue weighted by atomic mass is 16.5. The van der Waals surface area contributed by atoms with Crippen LogP contribution in [-0.2, 0) is 14.3 Å². The minimum atomic E-state index is -1.00. The molecule has 1 aromatic carbocycles. The first-order chi connectivity index (χ1) is 11.3. The number of aliphatic hydroxyl groups excluding tert-OH is 1. The van der Waals surface area contributed by atoms with Crippen molar-refractivity contribution in [3.05, 3.63) is 41.0 Å². The zero-order chi connectivity index (χ0) is 18.3. The Balaban J connectivity index is 3.26. The van der Waals surface area contributed by atoms with Gasteiger partial charge in [0.25, 0.3) is 0 Å². The van der Waals surface area contributed by atoms with E-state index in [0.717, 1.165) is 16.7 Å². The molecule has 0 saturated carbocycles. The van der Waals surface area contributed by atoms with Crippen LogP contribution in [0.25, 0.3) is 6.08 Å². The summed E-state index contributed by atoms with van der Waals surface area (Å²) in [5, 5.41) is 18.4. The van der Waals surface area contributed by atoms with E-state index in [1.807, 2.05) is 32.0 Å². The molecular formula is C19H26O5.